The third kappa shape index (κ3) is 4.29. The van der Waals surface area contributed by atoms with E-state index in [0.29, 0.717) is 23.9 Å². The number of nitrogens with one attached hydrogen (secondary N) is 1. The van der Waals surface area contributed by atoms with E-state index in [1.807, 2.05) is 31.2 Å². The number of nitro benzene ring substituents is 1. The average Bonchev–Trinajstić information content (AvgIpc) is 3.10. The monoisotopic (exact) mass is 352 g/mol. The lowest BCUT2D eigenvalue weighted by Gasteiger charge is -2.03. The number of carbonyl (C=O) groups is 1. The van der Waals surface area contributed by atoms with Gasteiger partial charge in [-0.3, -0.25) is 14.9 Å². The summed E-state index contributed by atoms with van der Waals surface area (Å²) in [4.78, 5) is 22.1. The summed E-state index contributed by atoms with van der Waals surface area (Å²) in [5.74, 6) is 0.546. The lowest BCUT2D eigenvalue weighted by atomic mass is 10.1. The number of rotatable bonds is 6. The molecule has 1 amide bonds. The van der Waals surface area contributed by atoms with Gasteiger partial charge < -0.3 is 9.73 Å². The van der Waals surface area contributed by atoms with Crippen molar-refractivity contribution in [1.82, 2.24) is 10.2 Å². The van der Waals surface area contributed by atoms with Crippen molar-refractivity contribution in [2.75, 3.05) is 5.32 Å². The van der Waals surface area contributed by atoms with E-state index in [1.54, 1.807) is 0 Å². The molecule has 0 unspecified atom stereocenters. The number of non-ortho nitro benzene ring substituents is 1. The fourth-order valence-electron chi connectivity index (χ4n) is 2.28. The molecule has 0 aliphatic carbocycles. The molecule has 1 N–H and O–H groups in total. The molecule has 0 atom stereocenters. The molecule has 0 spiro atoms. The standard InChI is InChI=1S/C18H16N4O4/c1-12-2-4-13(5-3-12)18-21-20-17(26-18)11-10-16(23)19-14-6-8-15(9-7-14)22(24)25/h2-9H,10-11H2,1H3,(H,19,23). The summed E-state index contributed by atoms with van der Waals surface area (Å²) in [7, 11) is 0. The van der Waals surface area contributed by atoms with E-state index in [-0.39, 0.29) is 18.0 Å². The quantitative estimate of drug-likeness (QED) is 0.536. The van der Waals surface area contributed by atoms with Gasteiger partial charge in [0, 0.05) is 36.2 Å². The van der Waals surface area contributed by atoms with Gasteiger partial charge in [0.05, 0.1) is 4.92 Å². The number of aromatic nitrogens is 2. The predicted molar refractivity (Wildman–Crippen MR) is 94.5 cm³/mol. The van der Waals surface area contributed by atoms with Gasteiger partial charge in [-0.05, 0) is 31.2 Å². The summed E-state index contributed by atoms with van der Waals surface area (Å²) in [5, 5.41) is 21.2. The molecule has 3 aromatic rings. The van der Waals surface area contributed by atoms with Crippen molar-refractivity contribution >= 4 is 17.3 Å². The van der Waals surface area contributed by atoms with E-state index in [4.69, 9.17) is 4.42 Å². The minimum absolute atomic E-state index is 0.0301. The van der Waals surface area contributed by atoms with Gasteiger partial charge in [0.25, 0.3) is 5.69 Å². The molecular weight excluding hydrogens is 336 g/mol. The molecule has 0 saturated heterocycles. The number of nitrogens with zero attached hydrogens (tertiary/aromatic N) is 3. The highest BCUT2D eigenvalue weighted by Crippen LogP contribution is 2.19. The molecule has 8 nitrogen and oxygen atoms in total. The minimum atomic E-state index is -0.493. The zero-order valence-corrected chi connectivity index (χ0v) is 14.0. The first-order chi connectivity index (χ1) is 12.5. The Morgan fingerprint density at radius 3 is 2.46 bits per heavy atom. The fraction of sp³-hybridized carbons (Fsp3) is 0.167. The normalized spacial score (nSPS) is 10.5. The van der Waals surface area contributed by atoms with Crippen molar-refractivity contribution in [2.45, 2.75) is 19.8 Å². The number of hydrogen-bond donors (Lipinski definition) is 1. The lowest BCUT2D eigenvalue weighted by Crippen LogP contribution is -2.12. The molecule has 1 heterocycles. The van der Waals surface area contributed by atoms with Crippen molar-refractivity contribution in [3.05, 3.63) is 70.1 Å². The van der Waals surface area contributed by atoms with Gasteiger partial charge in [-0.2, -0.15) is 0 Å². The Balaban J connectivity index is 1.54. The van der Waals surface area contributed by atoms with E-state index >= 15 is 0 Å². The van der Waals surface area contributed by atoms with Gasteiger partial charge in [-0.15, -0.1) is 10.2 Å². The van der Waals surface area contributed by atoms with Gasteiger partial charge in [0.2, 0.25) is 17.7 Å². The summed E-state index contributed by atoms with van der Waals surface area (Å²) < 4.78 is 5.58. The van der Waals surface area contributed by atoms with Crippen LogP contribution >= 0.6 is 0 Å². The van der Waals surface area contributed by atoms with Gasteiger partial charge in [-0.1, -0.05) is 17.7 Å². The van der Waals surface area contributed by atoms with Crippen molar-refractivity contribution < 1.29 is 14.1 Å². The third-order valence-corrected chi connectivity index (χ3v) is 3.69. The molecule has 132 valence electrons. The summed E-state index contributed by atoms with van der Waals surface area (Å²) >= 11 is 0. The molecule has 0 radical (unpaired) electrons. The first-order valence-corrected chi connectivity index (χ1v) is 7.95. The van der Waals surface area contributed by atoms with Crippen LogP contribution in [0.2, 0.25) is 0 Å². The summed E-state index contributed by atoms with van der Waals surface area (Å²) in [6.45, 7) is 1.99. The fourth-order valence-corrected chi connectivity index (χ4v) is 2.28. The van der Waals surface area contributed by atoms with Gasteiger partial charge in [-0.25, -0.2) is 0 Å². The van der Waals surface area contributed by atoms with Gasteiger partial charge in [0.1, 0.15) is 0 Å². The van der Waals surface area contributed by atoms with E-state index in [9.17, 15) is 14.9 Å². The first-order valence-electron chi connectivity index (χ1n) is 7.95. The highest BCUT2D eigenvalue weighted by Gasteiger charge is 2.11. The van der Waals surface area contributed by atoms with Crippen LogP contribution in [0.5, 0.6) is 0 Å². The minimum Gasteiger partial charge on any atom is -0.421 e. The van der Waals surface area contributed by atoms with Crippen LogP contribution in [0.3, 0.4) is 0 Å². The number of anilines is 1. The highest BCUT2D eigenvalue weighted by molar-refractivity contribution is 5.90. The molecule has 8 heteroatoms. The number of aryl methyl sites for hydroxylation is 2. The third-order valence-electron chi connectivity index (χ3n) is 3.69. The Bertz CT molecular complexity index is 917. The SMILES string of the molecule is Cc1ccc(-c2nnc(CCC(=O)Nc3ccc([N+](=O)[O-])cc3)o2)cc1. The number of hydrogen-bond acceptors (Lipinski definition) is 6. The van der Waals surface area contributed by atoms with E-state index in [1.165, 1.54) is 24.3 Å². The zero-order chi connectivity index (χ0) is 18.5. The second-order valence-corrected chi connectivity index (χ2v) is 5.72. The van der Waals surface area contributed by atoms with Crippen molar-refractivity contribution in [1.29, 1.82) is 0 Å². The molecule has 0 bridgehead atoms. The van der Waals surface area contributed by atoms with E-state index < -0.39 is 4.92 Å². The predicted octanol–water partition coefficient (Wildman–Crippen LogP) is 3.52. The van der Waals surface area contributed by atoms with Crippen LogP contribution in [0, 0.1) is 17.0 Å². The zero-order valence-electron chi connectivity index (χ0n) is 14.0. The number of nitro groups is 1. The van der Waals surface area contributed by atoms with Crippen LogP contribution < -0.4 is 5.32 Å². The highest BCUT2D eigenvalue weighted by atomic mass is 16.6. The Labute approximate surface area is 149 Å². The Hall–Kier alpha value is -3.55. The second kappa shape index (κ2) is 7.56. The maximum atomic E-state index is 12.0. The molecular formula is C18H16N4O4. The maximum Gasteiger partial charge on any atom is 0.269 e. The summed E-state index contributed by atoms with van der Waals surface area (Å²) in [6.07, 6.45) is 0.462. The number of amides is 1. The Morgan fingerprint density at radius 2 is 1.81 bits per heavy atom. The van der Waals surface area contributed by atoms with Crippen LogP contribution in [0.1, 0.15) is 17.9 Å². The van der Waals surface area contributed by atoms with Crippen LogP contribution in [-0.4, -0.2) is 21.0 Å². The lowest BCUT2D eigenvalue weighted by molar-refractivity contribution is -0.384. The van der Waals surface area contributed by atoms with Gasteiger partial charge >= 0.3 is 0 Å². The van der Waals surface area contributed by atoms with Crippen LogP contribution in [0.4, 0.5) is 11.4 Å². The van der Waals surface area contributed by atoms with Crippen LogP contribution in [-0.2, 0) is 11.2 Å². The molecule has 0 fully saturated rings. The van der Waals surface area contributed by atoms with Crippen molar-refractivity contribution in [3.63, 3.8) is 0 Å². The van der Waals surface area contributed by atoms with Crippen molar-refractivity contribution in [2.24, 2.45) is 0 Å². The van der Waals surface area contributed by atoms with Crippen LogP contribution in [0.25, 0.3) is 11.5 Å². The Kier molecular flexibility index (Phi) is 5.02. The molecule has 26 heavy (non-hydrogen) atoms. The molecule has 2 aromatic carbocycles. The largest absolute Gasteiger partial charge is 0.421 e. The molecule has 3 rings (SSSR count). The molecule has 0 aliphatic rings. The van der Waals surface area contributed by atoms with E-state index in [2.05, 4.69) is 15.5 Å². The number of benzene rings is 2. The molecule has 1 aromatic heterocycles. The van der Waals surface area contributed by atoms with Crippen LogP contribution in [0.15, 0.2) is 52.9 Å². The summed E-state index contributed by atoms with van der Waals surface area (Å²) in [5.41, 5.74) is 2.42. The van der Waals surface area contributed by atoms with E-state index in [0.717, 1.165) is 11.1 Å². The average molecular weight is 352 g/mol. The number of carbonyl (C=O) groups excluding carboxylic acids is 1. The first kappa shape index (κ1) is 17.3. The maximum absolute atomic E-state index is 12.0. The summed E-state index contributed by atoms with van der Waals surface area (Å²) in [6, 6.07) is 13.3. The molecule has 0 saturated carbocycles. The van der Waals surface area contributed by atoms with Gasteiger partial charge in [0.15, 0.2) is 0 Å². The topological polar surface area (TPSA) is 111 Å². The van der Waals surface area contributed by atoms with Crippen molar-refractivity contribution in [3.8, 4) is 11.5 Å². The molecule has 0 aliphatic heterocycles. The smallest absolute Gasteiger partial charge is 0.269 e. The Morgan fingerprint density at radius 1 is 1.12 bits per heavy atom. The second-order valence-electron chi connectivity index (χ2n) is 5.72.